The largest absolute Gasteiger partial charge is 0.480 e. The summed E-state index contributed by atoms with van der Waals surface area (Å²) in [6.45, 7) is 3.93. The van der Waals surface area contributed by atoms with Crippen molar-refractivity contribution in [2.75, 3.05) is 11.9 Å². The monoisotopic (exact) mass is 638 g/mol. The van der Waals surface area contributed by atoms with Crippen molar-refractivity contribution in [3.05, 3.63) is 95.3 Å². The highest BCUT2D eigenvalue weighted by molar-refractivity contribution is 7.92. The minimum Gasteiger partial charge on any atom is -0.480 e. The minimum absolute atomic E-state index is 0.0108. The van der Waals surface area contributed by atoms with E-state index in [1.165, 1.54) is 65.6 Å². The molecule has 0 radical (unpaired) electrons. The summed E-state index contributed by atoms with van der Waals surface area (Å²) in [5.74, 6) is -2.93. The third-order valence-electron chi connectivity index (χ3n) is 7.73. The van der Waals surface area contributed by atoms with Gasteiger partial charge in [-0.2, -0.15) is 0 Å². The van der Waals surface area contributed by atoms with Crippen molar-refractivity contribution in [1.29, 1.82) is 0 Å². The van der Waals surface area contributed by atoms with E-state index in [2.05, 4.69) is 10.6 Å². The molecule has 238 valence electrons. The summed E-state index contributed by atoms with van der Waals surface area (Å²) >= 11 is 0. The van der Waals surface area contributed by atoms with Crippen LogP contribution < -0.4 is 16.4 Å². The normalized spacial score (nSPS) is 19.2. The second-order valence-electron chi connectivity index (χ2n) is 11.2. The van der Waals surface area contributed by atoms with Gasteiger partial charge in [0.25, 0.3) is 0 Å². The van der Waals surface area contributed by atoms with Crippen molar-refractivity contribution in [3.8, 4) is 0 Å². The molecule has 1 fully saturated rings. The molecule has 0 aliphatic carbocycles. The number of carboxylic acid groups (broad SMARTS) is 1. The lowest BCUT2D eigenvalue weighted by atomic mass is 9.95. The summed E-state index contributed by atoms with van der Waals surface area (Å²) in [4.78, 5) is 51.8. The topological polar surface area (TPSA) is 176 Å². The smallest absolute Gasteiger partial charge is 0.325 e. The van der Waals surface area contributed by atoms with Gasteiger partial charge in [-0.25, -0.2) is 17.6 Å². The van der Waals surface area contributed by atoms with Crippen LogP contribution in [0.4, 0.5) is 14.9 Å². The molecule has 0 spiro atoms. The van der Waals surface area contributed by atoms with Crippen LogP contribution in [-0.2, 0) is 30.6 Å². The van der Waals surface area contributed by atoms with E-state index in [4.69, 9.17) is 5.73 Å². The summed E-state index contributed by atoms with van der Waals surface area (Å²) in [5.41, 5.74) is 5.39. The number of anilines is 1. The first-order chi connectivity index (χ1) is 21.4. The first-order valence-electron chi connectivity index (χ1n) is 14.3. The number of aliphatic carboxylic acids is 1. The molecule has 1 heterocycles. The van der Waals surface area contributed by atoms with Gasteiger partial charge < -0.3 is 26.3 Å². The number of carboxylic acids is 1. The number of primary amides is 1. The predicted molar refractivity (Wildman–Crippen MR) is 164 cm³/mol. The quantitative estimate of drug-likeness (QED) is 0.218. The van der Waals surface area contributed by atoms with Gasteiger partial charge in [0.15, 0.2) is 9.84 Å². The number of aldehydes is 1. The molecule has 4 atom stereocenters. The van der Waals surface area contributed by atoms with Gasteiger partial charge in [0.1, 0.15) is 18.1 Å². The summed E-state index contributed by atoms with van der Waals surface area (Å²) in [5, 5.41) is 14.5. The molecule has 13 heteroatoms. The van der Waals surface area contributed by atoms with Gasteiger partial charge in [-0.05, 0) is 36.1 Å². The van der Waals surface area contributed by atoms with E-state index in [1.54, 1.807) is 6.07 Å². The Hall–Kier alpha value is -4.62. The lowest BCUT2D eigenvalue weighted by Gasteiger charge is -2.37. The Bertz CT molecular complexity index is 1680. The van der Waals surface area contributed by atoms with Crippen LogP contribution in [0.5, 0.6) is 0 Å². The predicted octanol–water partition coefficient (Wildman–Crippen LogP) is 3.61. The van der Waals surface area contributed by atoms with Crippen molar-refractivity contribution in [3.63, 3.8) is 0 Å². The highest BCUT2D eigenvalue weighted by atomic mass is 32.2. The molecule has 4 unspecified atom stereocenters. The molecule has 1 saturated heterocycles. The van der Waals surface area contributed by atoms with Gasteiger partial charge >= 0.3 is 12.0 Å². The molecule has 1 aliphatic heterocycles. The highest BCUT2D eigenvalue weighted by Gasteiger charge is 2.55. The lowest BCUT2D eigenvalue weighted by Crippen LogP contribution is -2.48. The van der Waals surface area contributed by atoms with E-state index in [0.29, 0.717) is 6.29 Å². The van der Waals surface area contributed by atoms with E-state index in [1.807, 2.05) is 13.8 Å². The molecule has 0 aromatic heterocycles. The van der Waals surface area contributed by atoms with Crippen LogP contribution in [0.25, 0.3) is 0 Å². The third kappa shape index (κ3) is 7.04. The van der Waals surface area contributed by atoms with Crippen LogP contribution in [-0.4, -0.2) is 60.5 Å². The SMILES string of the molecule is CC(C)CNC(=O)C1CC(S(=O)(=O)c2ccccc2)C(c2ccccc2F)N1C(C(=O)O)c1cccc(CC=O)c1NC(N)=O. The highest BCUT2D eigenvalue weighted by Crippen LogP contribution is 2.49. The van der Waals surface area contributed by atoms with E-state index in [0.717, 1.165) is 6.07 Å². The Labute approximate surface area is 260 Å². The number of halogens is 1. The fourth-order valence-electron chi connectivity index (χ4n) is 5.82. The number of carbonyl (C=O) groups is 4. The summed E-state index contributed by atoms with van der Waals surface area (Å²) in [6, 6.07) is 11.5. The van der Waals surface area contributed by atoms with Crippen molar-refractivity contribution in [2.24, 2.45) is 11.7 Å². The Kier molecular flexibility index (Phi) is 10.3. The van der Waals surface area contributed by atoms with E-state index >= 15 is 4.39 Å². The number of nitrogens with two attached hydrogens (primary N) is 1. The van der Waals surface area contributed by atoms with Gasteiger partial charge in [-0.15, -0.1) is 0 Å². The van der Waals surface area contributed by atoms with Crippen LogP contribution in [0.15, 0.2) is 77.7 Å². The summed E-state index contributed by atoms with van der Waals surface area (Å²) in [6.07, 6.45) is -0.0178. The zero-order valence-electron chi connectivity index (χ0n) is 24.7. The molecule has 0 saturated carbocycles. The molecule has 3 aromatic carbocycles. The molecular weight excluding hydrogens is 603 g/mol. The Balaban J connectivity index is 2.04. The van der Waals surface area contributed by atoms with Crippen LogP contribution in [0.2, 0.25) is 0 Å². The summed E-state index contributed by atoms with van der Waals surface area (Å²) < 4.78 is 44.2. The maximum atomic E-state index is 15.7. The molecular formula is C32H35FN4O7S. The van der Waals surface area contributed by atoms with Gasteiger partial charge in [-0.3, -0.25) is 14.5 Å². The fourth-order valence-corrected chi connectivity index (χ4v) is 7.77. The number of likely N-dealkylation sites (tertiary alicyclic amines) is 1. The number of hydrogen-bond acceptors (Lipinski definition) is 7. The number of nitrogens with one attached hydrogen (secondary N) is 2. The first-order valence-corrected chi connectivity index (χ1v) is 15.9. The number of hydrogen-bond donors (Lipinski definition) is 4. The third-order valence-corrected chi connectivity index (χ3v) is 9.91. The van der Waals surface area contributed by atoms with Crippen molar-refractivity contribution in [2.45, 2.75) is 55.0 Å². The number of benzene rings is 3. The van der Waals surface area contributed by atoms with Gasteiger partial charge in [0.2, 0.25) is 5.91 Å². The zero-order valence-corrected chi connectivity index (χ0v) is 25.5. The maximum absolute atomic E-state index is 15.7. The van der Waals surface area contributed by atoms with Crippen LogP contribution in [0.3, 0.4) is 0 Å². The number of urea groups is 1. The van der Waals surface area contributed by atoms with Crippen LogP contribution in [0.1, 0.15) is 49.0 Å². The number of nitrogens with zero attached hydrogens (tertiary/aromatic N) is 1. The van der Waals surface area contributed by atoms with Crippen molar-refractivity contribution < 1.29 is 37.1 Å². The Morgan fingerprint density at radius 3 is 2.31 bits per heavy atom. The molecule has 11 nitrogen and oxygen atoms in total. The standard InChI is InChI=1S/C32H35FN4O7S/c1-19(2)18-35-30(39)25-17-26(45(43,44)21-10-4-3-5-11-21)28(22-12-6-7-14-24(22)33)37(25)29(31(40)41)23-13-8-9-20(15-16-38)27(23)36-32(34)42/h3-14,16,19,25-26,28-29H,15,17-18H2,1-2H3,(H,35,39)(H,40,41)(H3,34,36,42). The second kappa shape index (κ2) is 14.0. The number of sulfone groups is 1. The molecule has 4 rings (SSSR count). The average molecular weight is 639 g/mol. The van der Waals surface area contributed by atoms with E-state index in [-0.39, 0.29) is 52.6 Å². The number of rotatable bonds is 12. The fraction of sp³-hybridized carbons (Fsp3) is 0.312. The average Bonchev–Trinajstić information content (AvgIpc) is 3.38. The first kappa shape index (κ1) is 33.3. The number of para-hydroxylation sites is 1. The number of carbonyl (C=O) groups excluding carboxylic acids is 3. The van der Waals surface area contributed by atoms with Crippen molar-refractivity contribution in [1.82, 2.24) is 10.2 Å². The molecule has 3 amide bonds. The molecule has 0 bridgehead atoms. The number of amides is 3. The van der Waals surface area contributed by atoms with Crippen LogP contribution in [0, 0.1) is 11.7 Å². The van der Waals surface area contributed by atoms with Crippen molar-refractivity contribution >= 4 is 39.7 Å². The minimum atomic E-state index is -4.29. The van der Waals surface area contributed by atoms with Crippen LogP contribution >= 0.6 is 0 Å². The van der Waals surface area contributed by atoms with Gasteiger partial charge in [0, 0.05) is 24.1 Å². The molecule has 3 aromatic rings. The lowest BCUT2D eigenvalue weighted by molar-refractivity contribution is -0.146. The molecule has 45 heavy (non-hydrogen) atoms. The molecule has 1 aliphatic rings. The molecule has 5 N–H and O–H groups in total. The van der Waals surface area contributed by atoms with Gasteiger partial charge in [-0.1, -0.05) is 68.4 Å². The van der Waals surface area contributed by atoms with Gasteiger partial charge in [0.05, 0.1) is 27.9 Å². The van der Waals surface area contributed by atoms with E-state index < -0.39 is 56.9 Å². The summed E-state index contributed by atoms with van der Waals surface area (Å²) in [7, 11) is -4.29. The van der Waals surface area contributed by atoms with E-state index in [9.17, 15) is 32.7 Å². The Morgan fingerprint density at radius 1 is 1.04 bits per heavy atom. The second-order valence-corrected chi connectivity index (χ2v) is 13.3. The maximum Gasteiger partial charge on any atom is 0.325 e. The zero-order chi connectivity index (χ0) is 32.9. The Morgan fingerprint density at radius 2 is 1.71 bits per heavy atom.